The molecule has 1 saturated heterocycles. The van der Waals surface area contributed by atoms with Gasteiger partial charge in [-0.2, -0.15) is 0 Å². The zero-order valence-electron chi connectivity index (χ0n) is 16.1. The zero-order chi connectivity index (χ0) is 20.2. The first-order valence-electron chi connectivity index (χ1n) is 10.0. The van der Waals surface area contributed by atoms with E-state index in [0.717, 1.165) is 25.7 Å². The summed E-state index contributed by atoms with van der Waals surface area (Å²) in [5.41, 5.74) is 1.03. The second kappa shape index (κ2) is 8.82. The molecule has 152 valence electrons. The minimum absolute atomic E-state index is 0.0723. The van der Waals surface area contributed by atoms with Gasteiger partial charge in [-0.15, -0.1) is 0 Å². The molecule has 0 unspecified atom stereocenters. The number of ether oxygens (including phenoxy) is 1. The number of halogens is 1. The van der Waals surface area contributed by atoms with Gasteiger partial charge in [0.25, 0.3) is 11.8 Å². The molecule has 0 atom stereocenters. The Kier molecular flexibility index (Phi) is 6.00. The van der Waals surface area contributed by atoms with Crippen molar-refractivity contribution >= 4 is 23.4 Å². The lowest BCUT2D eigenvalue weighted by atomic mass is 9.97. The third-order valence-corrected chi connectivity index (χ3v) is 5.71. The number of nitrogens with zero attached hydrogens (tertiary/aromatic N) is 2. The molecule has 6 nitrogen and oxygen atoms in total. The van der Waals surface area contributed by atoms with E-state index in [-0.39, 0.29) is 17.0 Å². The molecule has 1 aliphatic carbocycles. The molecule has 2 amide bonds. The fourth-order valence-corrected chi connectivity index (χ4v) is 3.70. The number of nitrogens with one attached hydrogen (secondary N) is 1. The summed E-state index contributed by atoms with van der Waals surface area (Å²) in [5, 5.41) is 3.25. The van der Waals surface area contributed by atoms with E-state index in [9.17, 15) is 9.59 Å². The topological polar surface area (TPSA) is 71.5 Å². The summed E-state index contributed by atoms with van der Waals surface area (Å²) in [6, 6.07) is 11.1. The van der Waals surface area contributed by atoms with Gasteiger partial charge in [-0.1, -0.05) is 23.7 Å². The van der Waals surface area contributed by atoms with E-state index in [1.807, 2.05) is 23.1 Å². The van der Waals surface area contributed by atoms with Gasteiger partial charge in [-0.25, -0.2) is 4.98 Å². The van der Waals surface area contributed by atoms with Crippen molar-refractivity contribution in [2.45, 2.75) is 31.7 Å². The molecule has 1 N–H and O–H groups in total. The number of amides is 2. The van der Waals surface area contributed by atoms with Crippen molar-refractivity contribution in [3.63, 3.8) is 0 Å². The number of aromatic nitrogens is 1. The van der Waals surface area contributed by atoms with Crippen LogP contribution in [0.5, 0.6) is 5.75 Å². The number of carbonyl (C=O) groups excluding carboxylic acids is 2. The van der Waals surface area contributed by atoms with Gasteiger partial charge in [0, 0.05) is 25.3 Å². The van der Waals surface area contributed by atoms with Gasteiger partial charge in [-0.3, -0.25) is 9.59 Å². The standard InChI is InChI=1S/C22H24ClN3O3/c23-20-18(5-3-11-24-20)22(28)26-12-9-15(10-13-26)14-29-19-6-2-1-4-17(19)21(27)25-16-7-8-16/h1-6,11,15-16H,7-10,12-14H2,(H,25,27). The molecular weight excluding hydrogens is 390 g/mol. The lowest BCUT2D eigenvalue weighted by molar-refractivity contribution is 0.0659. The van der Waals surface area contributed by atoms with Crippen molar-refractivity contribution in [2.75, 3.05) is 19.7 Å². The highest BCUT2D eigenvalue weighted by atomic mass is 35.5. The van der Waals surface area contributed by atoms with Crippen molar-refractivity contribution in [3.05, 3.63) is 58.9 Å². The molecule has 2 fully saturated rings. The monoisotopic (exact) mass is 413 g/mol. The molecule has 0 bridgehead atoms. The summed E-state index contributed by atoms with van der Waals surface area (Å²) in [7, 11) is 0. The minimum Gasteiger partial charge on any atom is -0.492 e. The number of hydrogen-bond acceptors (Lipinski definition) is 4. The van der Waals surface area contributed by atoms with Gasteiger partial charge in [0.2, 0.25) is 0 Å². The Balaban J connectivity index is 1.30. The van der Waals surface area contributed by atoms with Gasteiger partial charge < -0.3 is 15.0 Å². The van der Waals surface area contributed by atoms with Crippen LogP contribution in [0.25, 0.3) is 0 Å². The molecule has 1 aromatic heterocycles. The van der Waals surface area contributed by atoms with Gasteiger partial charge in [0.15, 0.2) is 0 Å². The van der Waals surface area contributed by atoms with Gasteiger partial charge in [0.1, 0.15) is 10.9 Å². The molecule has 29 heavy (non-hydrogen) atoms. The Morgan fingerprint density at radius 2 is 1.79 bits per heavy atom. The molecule has 2 aromatic rings. The lowest BCUT2D eigenvalue weighted by Gasteiger charge is -2.32. The van der Waals surface area contributed by atoms with E-state index in [2.05, 4.69) is 10.3 Å². The first kappa shape index (κ1) is 19.7. The molecular formula is C22H24ClN3O3. The maximum atomic E-state index is 12.6. The minimum atomic E-state index is -0.0791. The van der Waals surface area contributed by atoms with E-state index < -0.39 is 0 Å². The lowest BCUT2D eigenvalue weighted by Crippen LogP contribution is -2.40. The summed E-state index contributed by atoms with van der Waals surface area (Å²) in [6.07, 6.45) is 5.37. The van der Waals surface area contributed by atoms with Crippen molar-refractivity contribution in [2.24, 2.45) is 5.92 Å². The van der Waals surface area contributed by atoms with E-state index in [0.29, 0.717) is 48.5 Å². The van der Waals surface area contributed by atoms with Crippen molar-refractivity contribution in [1.82, 2.24) is 15.2 Å². The number of rotatable bonds is 6. The molecule has 4 rings (SSSR count). The van der Waals surface area contributed by atoms with Gasteiger partial charge in [0.05, 0.1) is 17.7 Å². The largest absolute Gasteiger partial charge is 0.492 e. The van der Waals surface area contributed by atoms with Crippen LogP contribution >= 0.6 is 11.6 Å². The van der Waals surface area contributed by atoms with E-state index in [4.69, 9.17) is 16.3 Å². The molecule has 2 heterocycles. The van der Waals surface area contributed by atoms with Crippen LogP contribution in [0, 0.1) is 5.92 Å². The summed E-state index contributed by atoms with van der Waals surface area (Å²) >= 11 is 6.05. The van der Waals surface area contributed by atoms with Gasteiger partial charge in [-0.05, 0) is 55.9 Å². The predicted molar refractivity (Wildman–Crippen MR) is 110 cm³/mol. The Morgan fingerprint density at radius 1 is 1.07 bits per heavy atom. The van der Waals surface area contributed by atoms with Crippen LogP contribution in [-0.4, -0.2) is 47.4 Å². The number of pyridine rings is 1. The average molecular weight is 414 g/mol. The van der Waals surface area contributed by atoms with Crippen molar-refractivity contribution in [3.8, 4) is 5.75 Å². The number of hydrogen-bond donors (Lipinski definition) is 1. The third kappa shape index (κ3) is 4.88. The highest BCUT2D eigenvalue weighted by Crippen LogP contribution is 2.25. The number of benzene rings is 1. The van der Waals surface area contributed by atoms with E-state index in [1.54, 1.807) is 24.4 Å². The first-order valence-corrected chi connectivity index (χ1v) is 10.4. The van der Waals surface area contributed by atoms with Gasteiger partial charge >= 0.3 is 0 Å². The number of piperidine rings is 1. The normalized spacial score (nSPS) is 17.1. The fourth-order valence-electron chi connectivity index (χ4n) is 3.50. The molecule has 7 heteroatoms. The van der Waals surface area contributed by atoms with Crippen molar-refractivity contribution < 1.29 is 14.3 Å². The fraction of sp³-hybridized carbons (Fsp3) is 0.409. The Bertz CT molecular complexity index is 892. The van der Waals surface area contributed by atoms with Crippen LogP contribution in [0.3, 0.4) is 0 Å². The Hall–Kier alpha value is -2.60. The molecule has 1 aliphatic heterocycles. The van der Waals surface area contributed by atoms with Crippen LogP contribution in [-0.2, 0) is 0 Å². The number of para-hydroxylation sites is 1. The Morgan fingerprint density at radius 3 is 2.52 bits per heavy atom. The molecule has 0 spiro atoms. The van der Waals surface area contributed by atoms with E-state index >= 15 is 0 Å². The maximum Gasteiger partial charge on any atom is 0.256 e. The smallest absolute Gasteiger partial charge is 0.256 e. The van der Waals surface area contributed by atoms with Crippen LogP contribution < -0.4 is 10.1 Å². The summed E-state index contributed by atoms with van der Waals surface area (Å²) < 4.78 is 6.00. The third-order valence-electron chi connectivity index (χ3n) is 5.41. The SMILES string of the molecule is O=C(NC1CC1)c1ccccc1OCC1CCN(C(=O)c2cccnc2Cl)CC1. The summed E-state index contributed by atoms with van der Waals surface area (Å²) in [4.78, 5) is 30.8. The number of carbonyl (C=O) groups is 2. The highest BCUT2D eigenvalue weighted by molar-refractivity contribution is 6.32. The predicted octanol–water partition coefficient (Wildman–Crippen LogP) is 3.56. The second-order valence-corrected chi connectivity index (χ2v) is 7.99. The van der Waals surface area contributed by atoms with E-state index in [1.165, 1.54) is 0 Å². The quantitative estimate of drug-likeness (QED) is 0.735. The molecule has 2 aliphatic rings. The maximum absolute atomic E-state index is 12.6. The van der Waals surface area contributed by atoms with Crippen LogP contribution in [0.4, 0.5) is 0 Å². The molecule has 1 saturated carbocycles. The summed E-state index contributed by atoms with van der Waals surface area (Å²) in [5.74, 6) is 0.802. The zero-order valence-corrected chi connectivity index (χ0v) is 16.9. The Labute approximate surface area is 175 Å². The summed E-state index contributed by atoms with van der Waals surface area (Å²) in [6.45, 7) is 1.84. The van der Waals surface area contributed by atoms with Crippen LogP contribution in [0.1, 0.15) is 46.4 Å². The molecule has 1 aromatic carbocycles. The molecule has 0 radical (unpaired) electrons. The van der Waals surface area contributed by atoms with Crippen molar-refractivity contribution in [1.29, 1.82) is 0 Å². The van der Waals surface area contributed by atoms with Crippen LogP contribution in [0.15, 0.2) is 42.6 Å². The number of likely N-dealkylation sites (tertiary alicyclic amines) is 1. The highest BCUT2D eigenvalue weighted by Gasteiger charge is 2.27. The average Bonchev–Trinajstić information content (AvgIpc) is 3.57. The van der Waals surface area contributed by atoms with Crippen LogP contribution in [0.2, 0.25) is 5.15 Å². The second-order valence-electron chi connectivity index (χ2n) is 7.63. The first-order chi connectivity index (χ1) is 14.1.